The lowest BCUT2D eigenvalue weighted by Crippen LogP contribution is -2.09. The van der Waals surface area contributed by atoms with E-state index in [4.69, 9.17) is 4.74 Å². The van der Waals surface area contributed by atoms with Crippen LogP contribution in [0, 0.1) is 10.1 Å². The molecule has 0 saturated carbocycles. The highest BCUT2D eigenvalue weighted by molar-refractivity contribution is 7.13. The predicted molar refractivity (Wildman–Crippen MR) is 85.6 cm³/mol. The van der Waals surface area contributed by atoms with Gasteiger partial charge in [0.05, 0.1) is 10.6 Å². The van der Waals surface area contributed by atoms with Gasteiger partial charge in [0, 0.05) is 29.9 Å². The molecule has 0 aliphatic rings. The zero-order valence-corrected chi connectivity index (χ0v) is 13.6. The van der Waals surface area contributed by atoms with Crippen LogP contribution < -0.4 is 4.74 Å². The van der Waals surface area contributed by atoms with Gasteiger partial charge in [-0.15, -0.1) is 11.3 Å². The molecule has 0 atom stereocenters. The summed E-state index contributed by atoms with van der Waals surface area (Å²) in [6, 6.07) is 3.97. The maximum atomic E-state index is 13.1. The molecule has 3 rings (SSSR count). The molecule has 0 saturated heterocycles. The molecule has 0 bridgehead atoms. The van der Waals surface area contributed by atoms with Crippen molar-refractivity contribution >= 4 is 17.0 Å². The second kappa shape index (κ2) is 7.04. The Labute approximate surface area is 148 Å². The van der Waals surface area contributed by atoms with Crippen LogP contribution in [0.5, 0.6) is 5.75 Å². The Hall–Kier alpha value is -3.08. The fourth-order valence-corrected chi connectivity index (χ4v) is 2.77. The first-order chi connectivity index (χ1) is 12.3. The maximum Gasteiger partial charge on any atom is 0.420 e. The molecule has 0 radical (unpaired) electrons. The highest BCUT2D eigenvalue weighted by atomic mass is 32.1. The number of alkyl halides is 3. The lowest BCUT2D eigenvalue weighted by Gasteiger charge is -2.13. The van der Waals surface area contributed by atoms with Crippen molar-refractivity contribution in [3.05, 3.63) is 63.4 Å². The van der Waals surface area contributed by atoms with Crippen molar-refractivity contribution < 1.29 is 22.8 Å². The van der Waals surface area contributed by atoms with Gasteiger partial charge in [-0.05, 0) is 12.1 Å². The normalized spacial score (nSPS) is 11.3. The third-order valence-electron chi connectivity index (χ3n) is 3.16. The van der Waals surface area contributed by atoms with Crippen LogP contribution in [-0.4, -0.2) is 19.9 Å². The molecule has 11 heteroatoms. The Morgan fingerprint density at radius 2 is 1.96 bits per heavy atom. The van der Waals surface area contributed by atoms with E-state index in [2.05, 4.69) is 15.0 Å². The number of aromatic nitrogens is 3. The number of halogens is 3. The molecule has 0 aliphatic heterocycles. The molecule has 7 nitrogen and oxygen atoms in total. The molecule has 0 aliphatic carbocycles. The van der Waals surface area contributed by atoms with Gasteiger partial charge in [0.1, 0.15) is 17.9 Å². The number of nitro groups is 1. The summed E-state index contributed by atoms with van der Waals surface area (Å²) in [5, 5.41) is 12.8. The number of ether oxygens (including phenoxy) is 1. The Balaban J connectivity index is 1.80. The van der Waals surface area contributed by atoms with Crippen molar-refractivity contribution in [3.63, 3.8) is 0 Å². The van der Waals surface area contributed by atoms with Gasteiger partial charge in [0.25, 0.3) is 5.69 Å². The van der Waals surface area contributed by atoms with Crippen molar-refractivity contribution in [2.75, 3.05) is 0 Å². The highest BCUT2D eigenvalue weighted by Gasteiger charge is 2.36. The van der Waals surface area contributed by atoms with E-state index in [0.717, 1.165) is 12.1 Å². The number of hydrogen-bond acceptors (Lipinski definition) is 7. The zero-order chi connectivity index (χ0) is 18.7. The van der Waals surface area contributed by atoms with E-state index in [9.17, 15) is 23.3 Å². The van der Waals surface area contributed by atoms with Gasteiger partial charge in [-0.25, -0.2) is 15.0 Å². The summed E-state index contributed by atoms with van der Waals surface area (Å²) in [5.74, 6) is -0.108. The van der Waals surface area contributed by atoms with E-state index in [1.165, 1.54) is 11.3 Å². The van der Waals surface area contributed by atoms with Crippen LogP contribution in [0.25, 0.3) is 10.8 Å². The van der Waals surface area contributed by atoms with Crippen LogP contribution in [0.4, 0.5) is 18.9 Å². The molecule has 0 spiro atoms. The van der Waals surface area contributed by atoms with E-state index in [0.29, 0.717) is 22.6 Å². The largest absolute Gasteiger partial charge is 0.487 e. The summed E-state index contributed by atoms with van der Waals surface area (Å²) in [6.07, 6.45) is -1.69. The topological polar surface area (TPSA) is 91.0 Å². The molecule has 2 aromatic heterocycles. The molecule has 0 unspecified atom stereocenters. The average Bonchev–Trinajstić information content (AvgIpc) is 3.08. The van der Waals surface area contributed by atoms with Crippen molar-refractivity contribution in [2.45, 2.75) is 12.8 Å². The zero-order valence-electron chi connectivity index (χ0n) is 12.8. The first-order valence-electron chi connectivity index (χ1n) is 7.05. The SMILES string of the molecule is O=[N+]([O-])c1ccc(OCc2csc(-c3ncccn3)n2)c(C(F)(F)F)c1. The number of nitro benzene ring substituents is 1. The summed E-state index contributed by atoms with van der Waals surface area (Å²) < 4.78 is 44.5. The second-order valence-electron chi connectivity index (χ2n) is 4.94. The smallest absolute Gasteiger partial charge is 0.420 e. The van der Waals surface area contributed by atoms with Crippen LogP contribution in [0.3, 0.4) is 0 Å². The summed E-state index contributed by atoms with van der Waals surface area (Å²) in [7, 11) is 0. The van der Waals surface area contributed by atoms with Gasteiger partial charge in [-0.2, -0.15) is 13.2 Å². The fourth-order valence-electron chi connectivity index (χ4n) is 2.02. The van der Waals surface area contributed by atoms with Crippen LogP contribution in [0.2, 0.25) is 0 Å². The minimum absolute atomic E-state index is 0.232. The molecule has 0 N–H and O–H groups in total. The summed E-state index contributed by atoms with van der Waals surface area (Å²) >= 11 is 1.23. The Morgan fingerprint density at radius 1 is 1.23 bits per heavy atom. The average molecular weight is 382 g/mol. The Kier molecular flexibility index (Phi) is 4.80. The minimum atomic E-state index is -4.79. The van der Waals surface area contributed by atoms with Crippen molar-refractivity contribution in [3.8, 4) is 16.6 Å². The van der Waals surface area contributed by atoms with E-state index in [-0.39, 0.29) is 6.61 Å². The standard InChI is InChI=1S/C15H9F3N4O3S/c16-15(17,18)11-6-10(22(23)24)2-3-12(11)25-7-9-8-26-14(21-9)13-19-4-1-5-20-13/h1-6,8H,7H2. The first kappa shape index (κ1) is 17.7. The van der Waals surface area contributed by atoms with Crippen LogP contribution in [0.1, 0.15) is 11.3 Å². The van der Waals surface area contributed by atoms with Gasteiger partial charge in [0.2, 0.25) is 0 Å². The van der Waals surface area contributed by atoms with E-state index < -0.39 is 28.1 Å². The van der Waals surface area contributed by atoms with Crippen LogP contribution >= 0.6 is 11.3 Å². The molecule has 134 valence electrons. The number of benzene rings is 1. The number of thiazole rings is 1. The van der Waals surface area contributed by atoms with Crippen LogP contribution in [-0.2, 0) is 12.8 Å². The number of rotatable bonds is 5. The van der Waals surface area contributed by atoms with Crippen molar-refractivity contribution in [2.24, 2.45) is 0 Å². The molecule has 0 amide bonds. The number of hydrogen-bond donors (Lipinski definition) is 0. The molecular formula is C15H9F3N4O3S. The maximum absolute atomic E-state index is 13.1. The van der Waals surface area contributed by atoms with Crippen LogP contribution in [0.15, 0.2) is 42.0 Å². The quantitative estimate of drug-likeness (QED) is 0.487. The molecule has 0 fully saturated rings. The minimum Gasteiger partial charge on any atom is -0.487 e. The fraction of sp³-hybridized carbons (Fsp3) is 0.133. The number of non-ortho nitro benzene ring substituents is 1. The monoisotopic (exact) mass is 382 g/mol. The third-order valence-corrected chi connectivity index (χ3v) is 4.05. The predicted octanol–water partition coefficient (Wildman–Crippen LogP) is 4.11. The van der Waals surface area contributed by atoms with Crippen molar-refractivity contribution in [1.82, 2.24) is 15.0 Å². The van der Waals surface area contributed by atoms with E-state index in [1.54, 1.807) is 23.8 Å². The lowest BCUT2D eigenvalue weighted by atomic mass is 10.1. The summed E-state index contributed by atoms with van der Waals surface area (Å²) in [6.45, 7) is -0.232. The highest BCUT2D eigenvalue weighted by Crippen LogP contribution is 2.38. The molecule has 2 heterocycles. The van der Waals surface area contributed by atoms with Gasteiger partial charge in [-0.1, -0.05) is 0 Å². The number of nitrogens with zero attached hydrogens (tertiary/aromatic N) is 4. The van der Waals surface area contributed by atoms with Gasteiger partial charge in [0.15, 0.2) is 10.8 Å². The van der Waals surface area contributed by atoms with Crippen molar-refractivity contribution in [1.29, 1.82) is 0 Å². The van der Waals surface area contributed by atoms with E-state index >= 15 is 0 Å². The van der Waals surface area contributed by atoms with Gasteiger partial charge in [-0.3, -0.25) is 10.1 Å². The van der Waals surface area contributed by atoms with E-state index in [1.807, 2.05) is 0 Å². The molecule has 3 aromatic rings. The molecule has 1 aromatic carbocycles. The van der Waals surface area contributed by atoms with Gasteiger partial charge < -0.3 is 4.74 Å². The summed E-state index contributed by atoms with van der Waals surface area (Å²) in [4.78, 5) is 22.1. The first-order valence-corrected chi connectivity index (χ1v) is 7.93. The summed E-state index contributed by atoms with van der Waals surface area (Å²) in [5.41, 5.74) is -1.49. The van der Waals surface area contributed by atoms with Gasteiger partial charge >= 0.3 is 6.18 Å². The Bertz CT molecular complexity index is 931. The second-order valence-corrected chi connectivity index (χ2v) is 5.80. The molecular weight excluding hydrogens is 373 g/mol. The molecule has 26 heavy (non-hydrogen) atoms. The third kappa shape index (κ3) is 3.94. The lowest BCUT2D eigenvalue weighted by molar-refractivity contribution is -0.385. The Morgan fingerprint density at radius 3 is 2.62 bits per heavy atom.